The Hall–Kier alpha value is -3.52. The summed E-state index contributed by atoms with van der Waals surface area (Å²) in [5.41, 5.74) is 4.61. The maximum atomic E-state index is 14.1. The van der Waals surface area contributed by atoms with Crippen molar-refractivity contribution in [3.8, 4) is 0 Å². The number of hydrogen-bond donors (Lipinski definition) is 1. The zero-order valence-electron chi connectivity index (χ0n) is 20.5. The van der Waals surface area contributed by atoms with Crippen LogP contribution in [0.15, 0.2) is 65.6 Å². The highest BCUT2D eigenvalue weighted by atomic mass is 32.2. The molecule has 0 aliphatic carbocycles. The maximum absolute atomic E-state index is 14.1. The Bertz CT molecular complexity index is 1410. The lowest BCUT2D eigenvalue weighted by Crippen LogP contribution is -2.38. The zero-order valence-corrected chi connectivity index (χ0v) is 21.4. The van der Waals surface area contributed by atoms with Gasteiger partial charge < -0.3 is 10.2 Å². The standard InChI is InChI=1S/C28H29FN2O4S/c1-18-4-10-24(19(2)16-18)28(33)31-14-12-21(13-15-31)20-5-8-23(9-6-20)30-27(32)22-7-11-26(25(29)17-22)36(3,34)35/h4-11,16-17,21H,12-15H2,1-3H3,(H,30,32). The molecule has 0 unspecified atom stereocenters. The molecule has 188 valence electrons. The number of rotatable bonds is 5. The third-order valence-electron chi connectivity index (χ3n) is 6.63. The summed E-state index contributed by atoms with van der Waals surface area (Å²) in [7, 11) is -3.70. The third-order valence-corrected chi connectivity index (χ3v) is 7.76. The quantitative estimate of drug-likeness (QED) is 0.519. The largest absolute Gasteiger partial charge is 0.339 e. The van der Waals surface area contributed by atoms with E-state index in [9.17, 15) is 22.4 Å². The number of carbonyl (C=O) groups excluding carboxylic acids is 2. The minimum Gasteiger partial charge on any atom is -0.339 e. The molecular weight excluding hydrogens is 479 g/mol. The van der Waals surface area contributed by atoms with E-state index in [-0.39, 0.29) is 11.5 Å². The van der Waals surface area contributed by atoms with Gasteiger partial charge in [-0.25, -0.2) is 12.8 Å². The molecule has 4 rings (SSSR count). The number of benzene rings is 3. The molecule has 8 heteroatoms. The van der Waals surface area contributed by atoms with Gasteiger partial charge in [-0.1, -0.05) is 29.8 Å². The number of nitrogens with one attached hydrogen (secondary N) is 1. The summed E-state index contributed by atoms with van der Waals surface area (Å²) >= 11 is 0. The van der Waals surface area contributed by atoms with Crippen LogP contribution in [0, 0.1) is 19.7 Å². The van der Waals surface area contributed by atoms with Crippen molar-refractivity contribution in [3.63, 3.8) is 0 Å². The lowest BCUT2D eigenvalue weighted by molar-refractivity contribution is 0.0712. The summed E-state index contributed by atoms with van der Waals surface area (Å²) in [6, 6.07) is 16.7. The summed E-state index contributed by atoms with van der Waals surface area (Å²) < 4.78 is 37.3. The fourth-order valence-corrected chi connectivity index (χ4v) is 5.35. The molecule has 0 spiro atoms. The van der Waals surface area contributed by atoms with Crippen molar-refractivity contribution in [2.75, 3.05) is 24.7 Å². The normalized spacial score (nSPS) is 14.5. The first kappa shape index (κ1) is 25.6. The summed E-state index contributed by atoms with van der Waals surface area (Å²) in [4.78, 5) is 26.9. The summed E-state index contributed by atoms with van der Waals surface area (Å²) in [5.74, 6) is -1.09. The number of aryl methyl sites for hydroxylation is 2. The van der Waals surface area contributed by atoms with E-state index in [4.69, 9.17) is 0 Å². The molecule has 36 heavy (non-hydrogen) atoms. The second kappa shape index (κ2) is 10.2. The molecule has 1 saturated heterocycles. The lowest BCUT2D eigenvalue weighted by atomic mass is 9.89. The SMILES string of the molecule is Cc1ccc(C(=O)N2CCC(c3ccc(NC(=O)c4ccc(S(C)(=O)=O)c(F)c4)cc3)CC2)c(C)c1. The molecule has 1 heterocycles. The molecular formula is C28H29FN2O4S. The van der Waals surface area contributed by atoms with Crippen molar-refractivity contribution in [1.29, 1.82) is 0 Å². The van der Waals surface area contributed by atoms with Crippen LogP contribution in [-0.2, 0) is 9.84 Å². The highest BCUT2D eigenvalue weighted by Gasteiger charge is 2.25. The van der Waals surface area contributed by atoms with Gasteiger partial charge in [0, 0.05) is 36.2 Å². The molecule has 1 aliphatic heterocycles. The average Bonchev–Trinajstić information content (AvgIpc) is 2.83. The minimum atomic E-state index is -3.70. The van der Waals surface area contributed by atoms with E-state index >= 15 is 0 Å². The molecule has 2 amide bonds. The highest BCUT2D eigenvalue weighted by Crippen LogP contribution is 2.30. The highest BCUT2D eigenvalue weighted by molar-refractivity contribution is 7.90. The van der Waals surface area contributed by atoms with Crippen LogP contribution in [0.25, 0.3) is 0 Å². The van der Waals surface area contributed by atoms with Crippen LogP contribution in [0.5, 0.6) is 0 Å². The van der Waals surface area contributed by atoms with E-state index in [2.05, 4.69) is 5.32 Å². The fraction of sp³-hybridized carbons (Fsp3) is 0.286. The Morgan fingerprint density at radius 3 is 2.19 bits per heavy atom. The lowest BCUT2D eigenvalue weighted by Gasteiger charge is -2.32. The Morgan fingerprint density at radius 2 is 1.61 bits per heavy atom. The fourth-order valence-electron chi connectivity index (χ4n) is 4.62. The Morgan fingerprint density at radius 1 is 0.944 bits per heavy atom. The predicted octanol–water partition coefficient (Wildman–Crippen LogP) is 5.12. The summed E-state index contributed by atoms with van der Waals surface area (Å²) in [6.07, 6.45) is 2.63. The van der Waals surface area contributed by atoms with Gasteiger partial charge in [-0.05, 0) is 80.1 Å². The van der Waals surface area contributed by atoms with Crippen LogP contribution < -0.4 is 5.32 Å². The smallest absolute Gasteiger partial charge is 0.255 e. The van der Waals surface area contributed by atoms with Crippen molar-refractivity contribution < 1.29 is 22.4 Å². The van der Waals surface area contributed by atoms with Gasteiger partial charge in [0.05, 0.1) is 0 Å². The van der Waals surface area contributed by atoms with E-state index in [1.807, 2.05) is 49.1 Å². The van der Waals surface area contributed by atoms with E-state index in [0.29, 0.717) is 24.7 Å². The number of nitrogens with zero attached hydrogens (tertiary/aromatic N) is 1. The summed E-state index contributed by atoms with van der Waals surface area (Å²) in [5, 5.41) is 2.72. The van der Waals surface area contributed by atoms with Crippen LogP contribution in [0.2, 0.25) is 0 Å². The molecule has 3 aromatic carbocycles. The molecule has 0 radical (unpaired) electrons. The molecule has 0 atom stereocenters. The average molecular weight is 509 g/mol. The van der Waals surface area contributed by atoms with Crippen molar-refractivity contribution in [3.05, 3.63) is 94.3 Å². The molecule has 0 aromatic heterocycles. The van der Waals surface area contributed by atoms with Crippen LogP contribution in [0.1, 0.15) is 56.2 Å². The zero-order chi connectivity index (χ0) is 26.0. The molecule has 0 bridgehead atoms. The molecule has 1 fully saturated rings. The second-order valence-electron chi connectivity index (χ2n) is 9.38. The molecule has 1 N–H and O–H groups in total. The van der Waals surface area contributed by atoms with Gasteiger partial charge in [0.1, 0.15) is 10.7 Å². The summed E-state index contributed by atoms with van der Waals surface area (Å²) in [6.45, 7) is 5.35. The number of piperidine rings is 1. The van der Waals surface area contributed by atoms with Crippen molar-refractivity contribution >= 4 is 27.3 Å². The number of hydrogen-bond acceptors (Lipinski definition) is 4. The number of likely N-dealkylation sites (tertiary alicyclic amines) is 1. The third kappa shape index (κ3) is 5.65. The molecule has 1 aliphatic rings. The van der Waals surface area contributed by atoms with Crippen LogP contribution in [0.3, 0.4) is 0 Å². The number of amides is 2. The Balaban J connectivity index is 1.36. The predicted molar refractivity (Wildman–Crippen MR) is 138 cm³/mol. The van der Waals surface area contributed by atoms with E-state index in [1.54, 1.807) is 12.1 Å². The molecule has 3 aromatic rings. The van der Waals surface area contributed by atoms with Gasteiger partial charge >= 0.3 is 0 Å². The van der Waals surface area contributed by atoms with Gasteiger partial charge in [-0.3, -0.25) is 9.59 Å². The van der Waals surface area contributed by atoms with Gasteiger partial charge in [0.2, 0.25) is 0 Å². The monoisotopic (exact) mass is 508 g/mol. The Kier molecular flexibility index (Phi) is 7.26. The molecule has 0 saturated carbocycles. The van der Waals surface area contributed by atoms with Gasteiger partial charge in [0.25, 0.3) is 11.8 Å². The van der Waals surface area contributed by atoms with Crippen molar-refractivity contribution in [2.24, 2.45) is 0 Å². The first-order chi connectivity index (χ1) is 17.0. The number of sulfone groups is 1. The van der Waals surface area contributed by atoms with Crippen molar-refractivity contribution in [1.82, 2.24) is 4.90 Å². The van der Waals surface area contributed by atoms with E-state index in [0.717, 1.165) is 53.5 Å². The van der Waals surface area contributed by atoms with E-state index < -0.39 is 26.5 Å². The van der Waals surface area contributed by atoms with E-state index in [1.165, 1.54) is 6.07 Å². The minimum absolute atomic E-state index is 0.0322. The first-order valence-corrected chi connectivity index (χ1v) is 13.7. The van der Waals surface area contributed by atoms with Crippen LogP contribution in [-0.4, -0.2) is 44.5 Å². The first-order valence-electron chi connectivity index (χ1n) is 11.8. The number of halogens is 1. The van der Waals surface area contributed by atoms with Gasteiger partial charge in [-0.15, -0.1) is 0 Å². The Labute approximate surface area is 211 Å². The van der Waals surface area contributed by atoms with Gasteiger partial charge in [-0.2, -0.15) is 0 Å². The van der Waals surface area contributed by atoms with Gasteiger partial charge in [0.15, 0.2) is 9.84 Å². The molecule has 6 nitrogen and oxygen atoms in total. The second-order valence-corrected chi connectivity index (χ2v) is 11.4. The number of carbonyl (C=O) groups is 2. The van der Waals surface area contributed by atoms with Crippen molar-refractivity contribution in [2.45, 2.75) is 37.5 Å². The maximum Gasteiger partial charge on any atom is 0.255 e. The van der Waals surface area contributed by atoms with Crippen LogP contribution >= 0.6 is 0 Å². The number of anilines is 1. The topological polar surface area (TPSA) is 83.6 Å². The van der Waals surface area contributed by atoms with Crippen LogP contribution in [0.4, 0.5) is 10.1 Å².